The summed E-state index contributed by atoms with van der Waals surface area (Å²) in [6.07, 6.45) is 1.66. The number of anilines is 1. The van der Waals surface area contributed by atoms with Crippen LogP contribution in [0.15, 0.2) is 58.1 Å². The summed E-state index contributed by atoms with van der Waals surface area (Å²) < 4.78 is 6.22. The van der Waals surface area contributed by atoms with E-state index in [9.17, 15) is 0 Å². The lowest BCUT2D eigenvalue weighted by molar-refractivity contribution is 0.414. The first-order valence-electron chi connectivity index (χ1n) is 6.17. The number of para-hydroxylation sites is 1. The summed E-state index contributed by atoms with van der Waals surface area (Å²) in [5, 5.41) is 7.56. The van der Waals surface area contributed by atoms with Crippen molar-refractivity contribution < 1.29 is 4.74 Å². The van der Waals surface area contributed by atoms with Gasteiger partial charge in [-0.05, 0) is 42.5 Å². The van der Waals surface area contributed by atoms with E-state index >= 15 is 0 Å². The van der Waals surface area contributed by atoms with Gasteiger partial charge in [-0.15, -0.1) is 0 Å². The SMILES string of the molecule is COc1ccc(Br)cc1/C=N/NC(=S)Nc1ccccc1. The summed E-state index contributed by atoms with van der Waals surface area (Å²) >= 11 is 8.58. The fourth-order valence-corrected chi connectivity index (χ4v) is 2.20. The van der Waals surface area contributed by atoms with Crippen LogP contribution in [0.2, 0.25) is 0 Å². The van der Waals surface area contributed by atoms with E-state index in [0.29, 0.717) is 5.11 Å². The maximum absolute atomic E-state index is 5.27. The smallest absolute Gasteiger partial charge is 0.191 e. The number of methoxy groups -OCH3 is 1. The molecule has 21 heavy (non-hydrogen) atoms. The van der Waals surface area contributed by atoms with Crippen molar-refractivity contribution in [3.05, 3.63) is 58.6 Å². The molecule has 0 saturated heterocycles. The van der Waals surface area contributed by atoms with Crippen molar-refractivity contribution in [3.63, 3.8) is 0 Å². The maximum atomic E-state index is 5.27. The number of hydrogen-bond donors (Lipinski definition) is 2. The van der Waals surface area contributed by atoms with Crippen molar-refractivity contribution in [3.8, 4) is 5.75 Å². The van der Waals surface area contributed by atoms with Crippen LogP contribution in [-0.2, 0) is 0 Å². The molecule has 0 aliphatic rings. The summed E-state index contributed by atoms with van der Waals surface area (Å²) in [4.78, 5) is 0. The minimum absolute atomic E-state index is 0.423. The molecule has 0 atom stereocenters. The van der Waals surface area contributed by atoms with E-state index in [4.69, 9.17) is 17.0 Å². The zero-order valence-corrected chi connectivity index (χ0v) is 13.7. The Kier molecular flexibility index (Phi) is 5.71. The average Bonchev–Trinajstić information content (AvgIpc) is 2.48. The number of hydrogen-bond acceptors (Lipinski definition) is 3. The lowest BCUT2D eigenvalue weighted by atomic mass is 10.2. The van der Waals surface area contributed by atoms with Gasteiger partial charge in [0.1, 0.15) is 5.75 Å². The monoisotopic (exact) mass is 363 g/mol. The van der Waals surface area contributed by atoms with Gasteiger partial charge < -0.3 is 10.1 Å². The molecule has 0 spiro atoms. The number of nitrogens with zero attached hydrogens (tertiary/aromatic N) is 1. The molecule has 2 aromatic rings. The molecule has 0 unspecified atom stereocenters. The molecule has 0 aliphatic heterocycles. The van der Waals surface area contributed by atoms with E-state index in [2.05, 4.69) is 31.8 Å². The Hall–Kier alpha value is -1.92. The van der Waals surface area contributed by atoms with Crippen LogP contribution in [0.25, 0.3) is 0 Å². The average molecular weight is 364 g/mol. The molecule has 0 radical (unpaired) electrons. The molecule has 0 fully saturated rings. The maximum Gasteiger partial charge on any atom is 0.191 e. The van der Waals surface area contributed by atoms with Crippen molar-refractivity contribution in [2.75, 3.05) is 12.4 Å². The topological polar surface area (TPSA) is 45.6 Å². The van der Waals surface area contributed by atoms with Gasteiger partial charge in [-0.1, -0.05) is 34.1 Å². The van der Waals surface area contributed by atoms with Gasteiger partial charge in [-0.2, -0.15) is 5.10 Å². The molecule has 0 bridgehead atoms. The second kappa shape index (κ2) is 7.75. The molecule has 108 valence electrons. The molecule has 0 heterocycles. The highest BCUT2D eigenvalue weighted by Crippen LogP contribution is 2.21. The van der Waals surface area contributed by atoms with E-state index in [0.717, 1.165) is 21.5 Å². The first-order valence-corrected chi connectivity index (χ1v) is 7.38. The highest BCUT2D eigenvalue weighted by molar-refractivity contribution is 9.10. The van der Waals surface area contributed by atoms with Crippen LogP contribution in [0.5, 0.6) is 5.75 Å². The van der Waals surface area contributed by atoms with Crippen molar-refractivity contribution >= 4 is 45.2 Å². The molecule has 6 heteroatoms. The van der Waals surface area contributed by atoms with E-state index in [1.54, 1.807) is 13.3 Å². The van der Waals surface area contributed by atoms with E-state index in [1.165, 1.54) is 0 Å². The third kappa shape index (κ3) is 4.84. The van der Waals surface area contributed by atoms with Gasteiger partial charge in [0.2, 0.25) is 0 Å². The molecule has 0 saturated carbocycles. The number of thiocarbonyl (C=S) groups is 1. The normalized spacial score (nSPS) is 10.4. The minimum atomic E-state index is 0.423. The van der Waals surface area contributed by atoms with Crippen LogP contribution < -0.4 is 15.5 Å². The lowest BCUT2D eigenvalue weighted by Crippen LogP contribution is -2.23. The fraction of sp³-hybridized carbons (Fsp3) is 0.0667. The molecule has 2 rings (SSSR count). The standard InChI is InChI=1S/C15H14BrN3OS/c1-20-14-8-7-12(16)9-11(14)10-17-19-15(21)18-13-5-3-2-4-6-13/h2-10H,1H3,(H2,18,19,21)/b17-10+. The van der Waals surface area contributed by atoms with Gasteiger partial charge >= 0.3 is 0 Å². The summed E-state index contributed by atoms with van der Waals surface area (Å²) in [6.45, 7) is 0. The lowest BCUT2D eigenvalue weighted by Gasteiger charge is -2.07. The summed E-state index contributed by atoms with van der Waals surface area (Å²) in [7, 11) is 1.62. The number of nitrogens with one attached hydrogen (secondary N) is 2. The number of hydrazone groups is 1. The molecular weight excluding hydrogens is 350 g/mol. The van der Waals surface area contributed by atoms with Crippen LogP contribution >= 0.6 is 28.1 Å². The Balaban J connectivity index is 1.96. The molecule has 0 aliphatic carbocycles. The van der Waals surface area contributed by atoms with Crippen LogP contribution in [0.3, 0.4) is 0 Å². The van der Waals surface area contributed by atoms with E-state index in [1.807, 2.05) is 48.5 Å². The molecule has 2 aromatic carbocycles. The quantitative estimate of drug-likeness (QED) is 0.493. The minimum Gasteiger partial charge on any atom is -0.496 e. The number of benzene rings is 2. The summed E-state index contributed by atoms with van der Waals surface area (Å²) in [5.74, 6) is 0.741. The third-order valence-corrected chi connectivity index (χ3v) is 3.28. The summed E-state index contributed by atoms with van der Waals surface area (Å²) in [5.41, 5.74) is 4.53. The predicted molar refractivity (Wildman–Crippen MR) is 94.1 cm³/mol. The van der Waals surface area contributed by atoms with Gasteiger partial charge in [0.05, 0.1) is 13.3 Å². The molecule has 0 amide bonds. The second-order valence-corrected chi connectivity index (χ2v) is 5.40. The van der Waals surface area contributed by atoms with Gasteiger partial charge in [-0.3, -0.25) is 5.43 Å². The number of halogens is 1. The first-order chi connectivity index (χ1) is 10.2. The Morgan fingerprint density at radius 1 is 1.24 bits per heavy atom. The van der Waals surface area contributed by atoms with Crippen molar-refractivity contribution in [2.24, 2.45) is 5.10 Å². The predicted octanol–water partition coefficient (Wildman–Crippen LogP) is 3.78. The largest absolute Gasteiger partial charge is 0.496 e. The molecule has 0 aromatic heterocycles. The first kappa shape index (κ1) is 15.5. The Morgan fingerprint density at radius 3 is 2.71 bits per heavy atom. The third-order valence-electron chi connectivity index (χ3n) is 2.59. The fourth-order valence-electron chi connectivity index (χ4n) is 1.65. The van der Waals surface area contributed by atoms with Gasteiger partial charge in [0.25, 0.3) is 0 Å². The van der Waals surface area contributed by atoms with Crippen molar-refractivity contribution in [1.29, 1.82) is 0 Å². The van der Waals surface area contributed by atoms with Crippen molar-refractivity contribution in [1.82, 2.24) is 5.43 Å². The van der Waals surface area contributed by atoms with Crippen LogP contribution in [-0.4, -0.2) is 18.4 Å². The Morgan fingerprint density at radius 2 is 2.00 bits per heavy atom. The summed E-state index contributed by atoms with van der Waals surface area (Å²) in [6, 6.07) is 15.3. The van der Waals surface area contributed by atoms with Gasteiger partial charge in [0.15, 0.2) is 5.11 Å². The number of rotatable bonds is 4. The van der Waals surface area contributed by atoms with Gasteiger partial charge in [0, 0.05) is 15.7 Å². The molecular formula is C15H14BrN3OS. The zero-order chi connectivity index (χ0) is 15.1. The van der Waals surface area contributed by atoms with Crippen LogP contribution in [0.4, 0.5) is 5.69 Å². The highest BCUT2D eigenvalue weighted by atomic mass is 79.9. The van der Waals surface area contributed by atoms with Gasteiger partial charge in [-0.25, -0.2) is 0 Å². The highest BCUT2D eigenvalue weighted by Gasteiger charge is 2.01. The number of ether oxygens (including phenoxy) is 1. The second-order valence-electron chi connectivity index (χ2n) is 4.08. The molecule has 2 N–H and O–H groups in total. The Bertz CT molecular complexity index is 647. The molecule has 4 nitrogen and oxygen atoms in total. The Labute approximate surface area is 137 Å². The van der Waals surface area contributed by atoms with E-state index < -0.39 is 0 Å². The zero-order valence-electron chi connectivity index (χ0n) is 11.3. The van der Waals surface area contributed by atoms with Crippen LogP contribution in [0.1, 0.15) is 5.56 Å². The van der Waals surface area contributed by atoms with Crippen molar-refractivity contribution in [2.45, 2.75) is 0 Å². The van der Waals surface area contributed by atoms with E-state index in [-0.39, 0.29) is 0 Å². The van der Waals surface area contributed by atoms with Crippen LogP contribution in [0, 0.1) is 0 Å².